The van der Waals surface area contributed by atoms with E-state index in [2.05, 4.69) is 6.07 Å². The lowest BCUT2D eigenvalue weighted by molar-refractivity contribution is -0.113. The molecule has 0 amide bonds. The lowest BCUT2D eigenvalue weighted by atomic mass is 9.81. The molecule has 1 aliphatic heterocycles. The highest BCUT2D eigenvalue weighted by Gasteiger charge is 2.42. The Labute approximate surface area is 131 Å². The molecule has 4 rings (SSSR count). The van der Waals surface area contributed by atoms with E-state index in [-0.39, 0.29) is 11.7 Å². The second-order valence-electron chi connectivity index (χ2n) is 7.24. The third-order valence-corrected chi connectivity index (χ3v) is 7.11. The van der Waals surface area contributed by atoms with Crippen LogP contribution in [-0.4, -0.2) is 17.3 Å². The van der Waals surface area contributed by atoms with E-state index in [0.717, 1.165) is 19.4 Å². The van der Waals surface area contributed by atoms with Gasteiger partial charge in [-0.1, -0.05) is 12.8 Å². The summed E-state index contributed by atoms with van der Waals surface area (Å²) in [6, 6.07) is 2.31. The summed E-state index contributed by atoms with van der Waals surface area (Å²) < 4.78 is 6.12. The van der Waals surface area contributed by atoms with Gasteiger partial charge in [-0.05, 0) is 68.9 Å². The zero-order valence-electron chi connectivity index (χ0n) is 12.8. The van der Waals surface area contributed by atoms with Crippen molar-refractivity contribution in [2.24, 2.45) is 5.92 Å². The molecule has 2 nitrogen and oxygen atoms in total. The quantitative estimate of drug-likeness (QED) is 0.877. The predicted octanol–water partition coefficient (Wildman–Crippen LogP) is 4.40. The average molecular weight is 306 g/mol. The molecule has 2 aliphatic carbocycles. The standard InChI is InChI=1S/C18H26O2S/c19-17(16-11-13-5-1-2-6-15(13)21-16)14-7-10-20-18(12-14)8-3-4-9-18/h11,14,17,19H,1-10,12H2. The van der Waals surface area contributed by atoms with Crippen molar-refractivity contribution in [2.75, 3.05) is 6.61 Å². The number of aliphatic hydroxyl groups excluding tert-OH is 1. The van der Waals surface area contributed by atoms with Crippen LogP contribution < -0.4 is 0 Å². The van der Waals surface area contributed by atoms with E-state index < -0.39 is 0 Å². The third kappa shape index (κ3) is 2.69. The smallest absolute Gasteiger partial charge is 0.0912 e. The van der Waals surface area contributed by atoms with Gasteiger partial charge in [-0.2, -0.15) is 0 Å². The van der Waals surface area contributed by atoms with Gasteiger partial charge in [0.05, 0.1) is 11.7 Å². The van der Waals surface area contributed by atoms with Gasteiger partial charge in [0.25, 0.3) is 0 Å². The van der Waals surface area contributed by atoms with Crippen molar-refractivity contribution in [3.05, 3.63) is 21.4 Å². The Morgan fingerprint density at radius 2 is 2.00 bits per heavy atom. The van der Waals surface area contributed by atoms with Crippen LogP contribution in [0, 0.1) is 5.92 Å². The maximum absolute atomic E-state index is 10.9. The summed E-state index contributed by atoms with van der Waals surface area (Å²) in [7, 11) is 0. The lowest BCUT2D eigenvalue weighted by Crippen LogP contribution is -2.39. The number of fused-ring (bicyclic) bond motifs is 1. The molecule has 0 bridgehead atoms. The zero-order chi connectivity index (χ0) is 14.3. The fourth-order valence-electron chi connectivity index (χ4n) is 4.59. The fourth-order valence-corrected chi connectivity index (χ4v) is 5.93. The summed E-state index contributed by atoms with van der Waals surface area (Å²) in [5.41, 5.74) is 1.63. The molecule has 3 heteroatoms. The van der Waals surface area contributed by atoms with Crippen LogP contribution in [0.2, 0.25) is 0 Å². The third-order valence-electron chi connectivity index (χ3n) is 5.80. The molecule has 2 fully saturated rings. The van der Waals surface area contributed by atoms with Crippen LogP contribution in [0.1, 0.15) is 72.8 Å². The van der Waals surface area contributed by atoms with Crippen molar-refractivity contribution in [3.8, 4) is 0 Å². The van der Waals surface area contributed by atoms with E-state index in [1.807, 2.05) is 11.3 Å². The molecule has 0 radical (unpaired) electrons. The van der Waals surface area contributed by atoms with Crippen LogP contribution >= 0.6 is 11.3 Å². The van der Waals surface area contributed by atoms with E-state index in [1.54, 1.807) is 0 Å². The van der Waals surface area contributed by atoms with Crippen LogP contribution in [0.25, 0.3) is 0 Å². The SMILES string of the molecule is OC(c1cc2c(s1)CCCC2)C1CCOC2(CCCC2)C1. The predicted molar refractivity (Wildman–Crippen MR) is 85.8 cm³/mol. The van der Waals surface area contributed by atoms with E-state index in [0.29, 0.717) is 5.92 Å². The number of aliphatic hydroxyl groups is 1. The zero-order valence-corrected chi connectivity index (χ0v) is 13.6. The molecule has 2 unspecified atom stereocenters. The monoisotopic (exact) mass is 306 g/mol. The van der Waals surface area contributed by atoms with Crippen LogP contribution in [0.15, 0.2) is 6.07 Å². The maximum Gasteiger partial charge on any atom is 0.0912 e. The fraction of sp³-hybridized carbons (Fsp3) is 0.778. The van der Waals surface area contributed by atoms with Gasteiger partial charge >= 0.3 is 0 Å². The van der Waals surface area contributed by atoms with Gasteiger partial charge in [0.1, 0.15) is 0 Å². The van der Waals surface area contributed by atoms with E-state index in [9.17, 15) is 5.11 Å². The van der Waals surface area contributed by atoms with E-state index in [4.69, 9.17) is 4.74 Å². The summed E-state index contributed by atoms with van der Waals surface area (Å²) >= 11 is 1.88. The highest BCUT2D eigenvalue weighted by atomic mass is 32.1. The van der Waals surface area contributed by atoms with Crippen molar-refractivity contribution in [2.45, 2.75) is 75.9 Å². The molecular formula is C18H26O2S. The molecule has 21 heavy (non-hydrogen) atoms. The van der Waals surface area contributed by atoms with Crippen molar-refractivity contribution >= 4 is 11.3 Å². The number of hydrogen-bond acceptors (Lipinski definition) is 3. The Morgan fingerprint density at radius 3 is 2.81 bits per heavy atom. The highest BCUT2D eigenvalue weighted by molar-refractivity contribution is 7.12. The summed E-state index contributed by atoms with van der Waals surface area (Å²) in [5, 5.41) is 10.9. The molecule has 2 heterocycles. The van der Waals surface area contributed by atoms with Gasteiger partial charge in [-0.25, -0.2) is 0 Å². The lowest BCUT2D eigenvalue weighted by Gasteiger charge is -2.39. The van der Waals surface area contributed by atoms with Crippen molar-refractivity contribution in [1.82, 2.24) is 0 Å². The first-order valence-corrected chi connectivity index (χ1v) is 9.51. The minimum Gasteiger partial charge on any atom is -0.387 e. The molecule has 1 saturated carbocycles. The topological polar surface area (TPSA) is 29.5 Å². The molecule has 0 aromatic carbocycles. The minimum absolute atomic E-state index is 0.112. The summed E-state index contributed by atoms with van der Waals surface area (Å²) in [4.78, 5) is 2.76. The first-order valence-electron chi connectivity index (χ1n) is 8.69. The van der Waals surface area contributed by atoms with Crippen LogP contribution in [0.3, 0.4) is 0 Å². The van der Waals surface area contributed by atoms with Gasteiger partial charge in [-0.3, -0.25) is 0 Å². The molecule has 116 valence electrons. The van der Waals surface area contributed by atoms with E-state index in [1.165, 1.54) is 66.7 Å². The van der Waals surface area contributed by atoms with Crippen LogP contribution in [0.5, 0.6) is 0 Å². The number of rotatable bonds is 2. The van der Waals surface area contributed by atoms with Gasteiger partial charge in [0.15, 0.2) is 0 Å². The molecule has 1 aromatic heterocycles. The molecule has 2 atom stereocenters. The van der Waals surface area contributed by atoms with Gasteiger partial charge in [0, 0.05) is 16.4 Å². The number of ether oxygens (including phenoxy) is 1. The second-order valence-corrected chi connectivity index (χ2v) is 8.41. The molecule has 1 N–H and O–H groups in total. The Balaban J connectivity index is 1.51. The van der Waals surface area contributed by atoms with Crippen molar-refractivity contribution < 1.29 is 9.84 Å². The summed E-state index contributed by atoms with van der Waals surface area (Å²) in [5.74, 6) is 0.400. The van der Waals surface area contributed by atoms with Crippen molar-refractivity contribution in [1.29, 1.82) is 0 Å². The Bertz CT molecular complexity index is 478. The minimum atomic E-state index is -0.262. The Hall–Kier alpha value is -0.380. The average Bonchev–Trinajstić information content (AvgIpc) is 3.13. The molecule has 1 spiro atoms. The number of aryl methyl sites for hydroxylation is 2. The highest BCUT2D eigenvalue weighted by Crippen LogP contribution is 2.46. The molecule has 1 saturated heterocycles. The molecule has 1 aromatic rings. The largest absolute Gasteiger partial charge is 0.387 e. The second kappa shape index (κ2) is 5.68. The van der Waals surface area contributed by atoms with Gasteiger partial charge in [-0.15, -0.1) is 11.3 Å². The van der Waals surface area contributed by atoms with E-state index >= 15 is 0 Å². The number of hydrogen-bond donors (Lipinski definition) is 1. The molecule has 3 aliphatic rings. The normalized spacial score (nSPS) is 29.5. The Morgan fingerprint density at radius 1 is 1.19 bits per heavy atom. The number of thiophene rings is 1. The first-order chi connectivity index (χ1) is 10.3. The molecular weight excluding hydrogens is 280 g/mol. The van der Waals surface area contributed by atoms with Crippen LogP contribution in [-0.2, 0) is 17.6 Å². The summed E-state index contributed by atoms with van der Waals surface area (Å²) in [6.07, 6.45) is 11.9. The van der Waals surface area contributed by atoms with Gasteiger partial charge in [0.2, 0.25) is 0 Å². The first kappa shape index (κ1) is 14.2. The summed E-state index contributed by atoms with van der Waals surface area (Å²) in [6.45, 7) is 0.840. The van der Waals surface area contributed by atoms with Crippen LogP contribution in [0.4, 0.5) is 0 Å². The van der Waals surface area contributed by atoms with Crippen molar-refractivity contribution in [3.63, 3.8) is 0 Å². The maximum atomic E-state index is 10.9. The van der Waals surface area contributed by atoms with Gasteiger partial charge < -0.3 is 9.84 Å². The Kier molecular flexibility index (Phi) is 3.85.